The molecule has 0 radical (unpaired) electrons. The predicted molar refractivity (Wildman–Crippen MR) is 250 cm³/mol. The van der Waals surface area contributed by atoms with Crippen LogP contribution in [0.5, 0.6) is 0 Å². The molecule has 0 amide bonds. The first-order valence-corrected chi connectivity index (χ1v) is 25.3. The summed E-state index contributed by atoms with van der Waals surface area (Å²) < 4.78 is 33.5. The second-order valence-electron chi connectivity index (χ2n) is 16.3. The quantitative estimate of drug-likeness (QED) is 0.0133. The van der Waals surface area contributed by atoms with Crippen molar-refractivity contribution in [3.63, 3.8) is 0 Å². The van der Waals surface area contributed by atoms with Gasteiger partial charge in [-0.15, -0.1) is 0 Å². The van der Waals surface area contributed by atoms with Crippen LogP contribution in [0.25, 0.3) is 0 Å². The van der Waals surface area contributed by atoms with E-state index < -0.39 is 75.7 Å². The van der Waals surface area contributed by atoms with Crippen LogP contribution in [0, 0.1) is 0 Å². The molecule has 1 aliphatic rings. The van der Waals surface area contributed by atoms with E-state index >= 15 is 0 Å². The maximum absolute atomic E-state index is 12.8. The van der Waals surface area contributed by atoms with Crippen LogP contribution in [0.1, 0.15) is 161 Å². The average molecular weight is 927 g/mol. The summed E-state index contributed by atoms with van der Waals surface area (Å²) in [5, 5.41) is 59.0. The Morgan fingerprint density at radius 1 is 0.516 bits per heavy atom. The van der Waals surface area contributed by atoms with E-state index in [1.165, 1.54) is 19.3 Å². The third-order valence-corrected chi connectivity index (χ3v) is 11.6. The molecular weight excluding hydrogens is 843 g/mol. The molecule has 1 fully saturated rings. The van der Waals surface area contributed by atoms with Crippen molar-refractivity contribution in [2.24, 2.45) is 0 Å². The molecule has 1 rings (SSSR count). The summed E-state index contributed by atoms with van der Waals surface area (Å²) in [6.07, 6.45) is 33.9. The maximum Gasteiger partial charge on any atom is 0.472 e. The monoisotopic (exact) mass is 927 g/mol. The first kappa shape index (κ1) is 59.3. The van der Waals surface area contributed by atoms with Crippen LogP contribution in [-0.2, 0) is 32.7 Å². The summed E-state index contributed by atoms with van der Waals surface area (Å²) in [4.78, 5) is 35.7. The van der Waals surface area contributed by atoms with Crippen LogP contribution in [0.2, 0.25) is 0 Å². The number of ether oxygens (including phenoxy) is 2. The number of hydrogen-bond donors (Lipinski definition) is 7. The van der Waals surface area contributed by atoms with Crippen LogP contribution in [0.15, 0.2) is 72.9 Å². The molecule has 0 bridgehead atoms. The summed E-state index contributed by atoms with van der Waals surface area (Å²) in [6, 6.07) is 0. The van der Waals surface area contributed by atoms with Crippen molar-refractivity contribution in [1.82, 2.24) is 0 Å². The molecule has 8 atom stereocenters. The van der Waals surface area contributed by atoms with Crippen LogP contribution in [0.4, 0.5) is 0 Å². The van der Waals surface area contributed by atoms with Crippen molar-refractivity contribution in [2.75, 3.05) is 19.8 Å². The highest BCUT2D eigenvalue weighted by Crippen LogP contribution is 2.47. The zero-order valence-electron chi connectivity index (χ0n) is 38.5. The van der Waals surface area contributed by atoms with Crippen LogP contribution in [0.3, 0.4) is 0 Å². The third-order valence-electron chi connectivity index (χ3n) is 10.6. The lowest BCUT2D eigenvalue weighted by molar-refractivity contribution is -0.220. The summed E-state index contributed by atoms with van der Waals surface area (Å²) in [7, 11) is -5.14. The molecule has 0 aromatic heterocycles. The van der Waals surface area contributed by atoms with Gasteiger partial charge in [-0.1, -0.05) is 131 Å². The van der Waals surface area contributed by atoms with Gasteiger partial charge in [0.15, 0.2) is 6.10 Å². The second-order valence-corrected chi connectivity index (χ2v) is 17.7. The Balaban J connectivity index is 2.49. The Kier molecular flexibility index (Phi) is 36.5. The molecule has 14 nitrogen and oxygen atoms in total. The lowest BCUT2D eigenvalue weighted by Gasteiger charge is -2.41. The largest absolute Gasteiger partial charge is 0.472 e. The normalized spacial score (nSPS) is 22.2. The first-order chi connectivity index (χ1) is 30.9. The van der Waals surface area contributed by atoms with Crippen LogP contribution < -0.4 is 0 Å². The number of carbonyl (C=O) groups excluding carboxylic acids is 2. The van der Waals surface area contributed by atoms with Crippen molar-refractivity contribution in [3.8, 4) is 0 Å². The summed E-state index contributed by atoms with van der Waals surface area (Å²) in [6.45, 7) is 1.22. The van der Waals surface area contributed by atoms with Crippen molar-refractivity contribution >= 4 is 19.8 Å². The van der Waals surface area contributed by atoms with Crippen LogP contribution >= 0.6 is 7.82 Å². The summed E-state index contributed by atoms with van der Waals surface area (Å²) in [5.41, 5.74) is 0. The Morgan fingerprint density at radius 3 is 1.42 bits per heavy atom. The maximum atomic E-state index is 12.8. The Morgan fingerprint density at radius 2 is 0.922 bits per heavy atom. The summed E-state index contributed by atoms with van der Waals surface area (Å²) >= 11 is 0. The number of rotatable bonds is 39. The third kappa shape index (κ3) is 31.2. The zero-order chi connectivity index (χ0) is 47.1. The highest BCUT2D eigenvalue weighted by atomic mass is 31.2. The van der Waals surface area contributed by atoms with Gasteiger partial charge in [-0.2, -0.15) is 0 Å². The van der Waals surface area contributed by atoms with E-state index in [0.29, 0.717) is 19.3 Å². The number of esters is 2. The minimum Gasteiger partial charge on any atom is -0.462 e. The number of hydrogen-bond acceptors (Lipinski definition) is 13. The number of allylic oxidation sites excluding steroid dienone is 12. The van der Waals surface area contributed by atoms with Gasteiger partial charge in [-0.3, -0.25) is 18.6 Å². The molecule has 0 aromatic rings. The molecule has 0 spiro atoms. The molecule has 3 unspecified atom stereocenters. The van der Waals surface area contributed by atoms with Gasteiger partial charge in [-0.05, 0) is 89.9 Å². The van der Waals surface area contributed by atoms with Gasteiger partial charge < -0.3 is 45.0 Å². The molecule has 0 saturated heterocycles. The van der Waals surface area contributed by atoms with Crippen LogP contribution in [-0.4, -0.2) is 110 Å². The van der Waals surface area contributed by atoms with E-state index in [9.17, 15) is 44.6 Å². The van der Waals surface area contributed by atoms with E-state index in [-0.39, 0.29) is 19.4 Å². The van der Waals surface area contributed by atoms with Crippen molar-refractivity contribution < 1.29 is 68.2 Å². The fourth-order valence-corrected chi connectivity index (χ4v) is 7.67. The van der Waals surface area contributed by atoms with Gasteiger partial charge in [0.25, 0.3) is 0 Å². The molecule has 1 aliphatic carbocycles. The van der Waals surface area contributed by atoms with E-state index in [4.69, 9.17) is 23.6 Å². The predicted octanol–water partition coefficient (Wildman–Crippen LogP) is 8.47. The van der Waals surface area contributed by atoms with Crippen molar-refractivity contribution in [2.45, 2.75) is 204 Å². The van der Waals surface area contributed by atoms with Gasteiger partial charge in [0.1, 0.15) is 43.2 Å². The fraction of sp³-hybridized carbons (Fsp3) is 0.714. The zero-order valence-corrected chi connectivity index (χ0v) is 39.4. The highest BCUT2D eigenvalue weighted by molar-refractivity contribution is 7.47. The smallest absolute Gasteiger partial charge is 0.462 e. The SMILES string of the molecule is CCCCC/C=C\C/C=C\CCCCCCCCCC(=O)O[C@H](COC(=O)CCC/C=C\C/C=C\C/C=C\C/C=C\CCCCCO)COP(=O)(O)OC1[C@H](O)[C@H](O)C(O)[C@H](O)[C@H]1O. The molecule has 0 aliphatic heterocycles. The minimum absolute atomic E-state index is 0.0672. The number of phosphoric acid groups is 1. The lowest BCUT2D eigenvalue weighted by Crippen LogP contribution is -2.64. The first-order valence-electron chi connectivity index (χ1n) is 23.8. The lowest BCUT2D eigenvalue weighted by atomic mass is 9.85. The van der Waals surface area contributed by atoms with E-state index in [1.54, 1.807) is 0 Å². The summed E-state index contributed by atoms with van der Waals surface area (Å²) in [5.74, 6) is -1.19. The van der Waals surface area contributed by atoms with E-state index in [1.807, 2.05) is 12.2 Å². The van der Waals surface area contributed by atoms with Crippen molar-refractivity contribution in [1.29, 1.82) is 0 Å². The molecule has 64 heavy (non-hydrogen) atoms. The van der Waals surface area contributed by atoms with Crippen molar-refractivity contribution in [3.05, 3.63) is 72.9 Å². The minimum atomic E-state index is -5.14. The molecule has 1 saturated carbocycles. The Hall–Kier alpha value is -2.75. The average Bonchev–Trinajstić information content (AvgIpc) is 3.28. The number of aliphatic hydroxyl groups excluding tert-OH is 6. The van der Waals surface area contributed by atoms with Gasteiger partial charge in [0, 0.05) is 19.4 Å². The Bertz CT molecular complexity index is 1400. The van der Waals surface area contributed by atoms with Gasteiger partial charge >= 0.3 is 19.8 Å². The fourth-order valence-electron chi connectivity index (χ4n) is 6.70. The molecule has 0 aromatic carbocycles. The number of phosphoric ester groups is 1. The highest BCUT2D eigenvalue weighted by Gasteiger charge is 2.51. The van der Waals surface area contributed by atoms with Gasteiger partial charge in [0.05, 0.1) is 6.61 Å². The van der Waals surface area contributed by atoms with E-state index in [0.717, 1.165) is 103 Å². The Labute approximate surface area is 383 Å². The number of aliphatic hydroxyl groups is 6. The number of unbranched alkanes of at least 4 members (excludes halogenated alkanes) is 14. The molecule has 368 valence electrons. The number of carbonyl (C=O) groups is 2. The van der Waals surface area contributed by atoms with Gasteiger partial charge in [-0.25, -0.2) is 4.57 Å². The van der Waals surface area contributed by atoms with E-state index in [2.05, 4.69) is 67.7 Å². The molecule has 0 heterocycles. The second kappa shape index (κ2) is 39.4. The standard InChI is InChI=1S/C49H83O14P/c1-2-3-4-5-6-7-8-9-10-12-16-19-22-25-28-31-34-37-43(52)62-41(40-61-64(58,59)63-49-47(56)45(54)44(53)46(55)48(49)57)39-60-42(51)36-33-30-27-24-21-18-15-13-11-14-17-20-23-26-29-32-35-38-50/h6-7,9-11,14-15,18,20,23-24,27,41,44-50,53-57H,2-5,8,12-13,16-17,19,21-22,25-26,28-40H2,1H3,(H,58,59)/b7-6-,10-9-,14-11-,18-15-,23-20-,27-24-/t41-,44?,45-,46+,47-,48-,49?/m1/s1. The molecular formula is C49H83O14P. The molecule has 15 heteroatoms. The molecule has 7 N–H and O–H groups in total. The van der Waals surface area contributed by atoms with Gasteiger partial charge in [0.2, 0.25) is 0 Å². The topological polar surface area (TPSA) is 230 Å².